The molecule has 0 fully saturated rings. The fourth-order valence-corrected chi connectivity index (χ4v) is 2.56. The Morgan fingerprint density at radius 3 is 2.57 bits per heavy atom. The fourth-order valence-electron chi connectivity index (χ4n) is 2.56. The third-order valence-corrected chi connectivity index (χ3v) is 3.93. The quantitative estimate of drug-likeness (QED) is 0.784. The lowest BCUT2D eigenvalue weighted by atomic mass is 10.1. The average molecular weight is 309 g/mol. The zero-order valence-corrected chi connectivity index (χ0v) is 13.4. The number of amides is 1. The minimum atomic E-state index is -0.219. The largest absolute Gasteiger partial charge is 0.497 e. The van der Waals surface area contributed by atoms with Gasteiger partial charge >= 0.3 is 0 Å². The van der Waals surface area contributed by atoms with E-state index in [2.05, 4.69) is 5.32 Å². The second-order valence-corrected chi connectivity index (χ2v) is 5.57. The summed E-state index contributed by atoms with van der Waals surface area (Å²) in [7, 11) is 1.63. The molecule has 4 heteroatoms. The fraction of sp³-hybridized carbons (Fsp3) is 0.211. The summed E-state index contributed by atoms with van der Waals surface area (Å²) in [6.45, 7) is 3.90. The zero-order valence-electron chi connectivity index (χ0n) is 13.4. The van der Waals surface area contributed by atoms with Crippen LogP contribution in [0.4, 0.5) is 0 Å². The highest BCUT2D eigenvalue weighted by Gasteiger charge is 2.16. The Balaban J connectivity index is 1.77. The molecule has 3 rings (SSSR count). The molecule has 23 heavy (non-hydrogen) atoms. The number of furan rings is 1. The van der Waals surface area contributed by atoms with Gasteiger partial charge in [-0.3, -0.25) is 4.79 Å². The molecular formula is C19H19NO3. The third kappa shape index (κ3) is 3.06. The molecule has 0 aliphatic rings. The van der Waals surface area contributed by atoms with E-state index in [9.17, 15) is 4.79 Å². The molecule has 2 aromatic carbocycles. The van der Waals surface area contributed by atoms with E-state index in [1.807, 2.05) is 56.3 Å². The van der Waals surface area contributed by atoms with Crippen LogP contribution in [0.1, 0.15) is 34.6 Å². The molecule has 0 saturated heterocycles. The molecule has 3 aromatic rings. The number of nitrogens with one attached hydrogen (secondary N) is 1. The van der Waals surface area contributed by atoms with Gasteiger partial charge in [-0.05, 0) is 43.2 Å². The Hall–Kier alpha value is -2.75. The smallest absolute Gasteiger partial charge is 0.287 e. The first kappa shape index (κ1) is 15.2. The van der Waals surface area contributed by atoms with Crippen molar-refractivity contribution in [3.05, 3.63) is 65.4 Å². The lowest BCUT2D eigenvalue weighted by Crippen LogP contribution is -2.26. The van der Waals surface area contributed by atoms with Gasteiger partial charge in [0.2, 0.25) is 0 Å². The van der Waals surface area contributed by atoms with E-state index in [1.165, 1.54) is 0 Å². The molecule has 0 spiro atoms. The van der Waals surface area contributed by atoms with E-state index < -0.39 is 0 Å². The summed E-state index contributed by atoms with van der Waals surface area (Å²) in [6, 6.07) is 15.1. The second-order valence-electron chi connectivity index (χ2n) is 5.57. The average Bonchev–Trinajstić information content (AvgIpc) is 3.00. The zero-order chi connectivity index (χ0) is 16.4. The van der Waals surface area contributed by atoms with Crippen LogP contribution in [0.5, 0.6) is 5.75 Å². The van der Waals surface area contributed by atoms with Crippen molar-refractivity contribution in [1.82, 2.24) is 5.32 Å². The number of carbonyl (C=O) groups is 1. The summed E-state index contributed by atoms with van der Waals surface area (Å²) in [5, 5.41) is 3.89. The molecule has 4 nitrogen and oxygen atoms in total. The normalized spacial score (nSPS) is 12.1. The van der Waals surface area contributed by atoms with Crippen LogP contribution in [0.15, 0.2) is 52.9 Å². The Bertz CT molecular complexity index is 833. The first-order chi connectivity index (χ1) is 11.1. The van der Waals surface area contributed by atoms with Gasteiger partial charge in [0.25, 0.3) is 5.91 Å². The van der Waals surface area contributed by atoms with Crippen LogP contribution in [-0.4, -0.2) is 13.0 Å². The molecule has 0 aliphatic heterocycles. The predicted octanol–water partition coefficient (Wildman–Crippen LogP) is 4.24. The Kier molecular flexibility index (Phi) is 4.06. The van der Waals surface area contributed by atoms with E-state index >= 15 is 0 Å². The summed E-state index contributed by atoms with van der Waals surface area (Å²) in [6.07, 6.45) is 0. The maximum absolute atomic E-state index is 12.4. The van der Waals surface area contributed by atoms with Crippen molar-refractivity contribution in [2.24, 2.45) is 0 Å². The maximum Gasteiger partial charge on any atom is 0.287 e. The number of ether oxygens (including phenoxy) is 1. The highest BCUT2D eigenvalue weighted by atomic mass is 16.5. The standard InChI is InChI=1S/C19H19NO3/c1-12-5-4-6-15-11-17(23-18(12)15)19(21)20-13(2)14-7-9-16(22-3)10-8-14/h4-11,13H,1-3H3,(H,20,21)/t13-/m0/s1. The monoisotopic (exact) mass is 309 g/mol. The van der Waals surface area contributed by atoms with Gasteiger partial charge in [-0.25, -0.2) is 0 Å². The minimum Gasteiger partial charge on any atom is -0.497 e. The van der Waals surface area contributed by atoms with Crippen molar-refractivity contribution < 1.29 is 13.9 Å². The van der Waals surface area contributed by atoms with E-state index in [1.54, 1.807) is 13.2 Å². The van der Waals surface area contributed by atoms with Crippen molar-refractivity contribution in [1.29, 1.82) is 0 Å². The number of rotatable bonds is 4. The topological polar surface area (TPSA) is 51.5 Å². The van der Waals surface area contributed by atoms with Crippen molar-refractivity contribution >= 4 is 16.9 Å². The maximum atomic E-state index is 12.4. The van der Waals surface area contributed by atoms with Gasteiger partial charge in [0.1, 0.15) is 11.3 Å². The van der Waals surface area contributed by atoms with Gasteiger partial charge in [0, 0.05) is 5.39 Å². The van der Waals surface area contributed by atoms with Crippen molar-refractivity contribution in [2.45, 2.75) is 19.9 Å². The molecule has 1 heterocycles. The highest BCUT2D eigenvalue weighted by Crippen LogP contribution is 2.23. The molecule has 1 amide bonds. The van der Waals surface area contributed by atoms with Gasteiger partial charge < -0.3 is 14.5 Å². The van der Waals surface area contributed by atoms with E-state index in [4.69, 9.17) is 9.15 Å². The van der Waals surface area contributed by atoms with Crippen LogP contribution in [0.25, 0.3) is 11.0 Å². The summed E-state index contributed by atoms with van der Waals surface area (Å²) < 4.78 is 10.8. The number of hydrogen-bond donors (Lipinski definition) is 1. The third-order valence-electron chi connectivity index (χ3n) is 3.93. The van der Waals surface area contributed by atoms with Crippen molar-refractivity contribution in [3.63, 3.8) is 0 Å². The van der Waals surface area contributed by atoms with Crippen LogP contribution in [0.3, 0.4) is 0 Å². The molecule has 0 saturated carbocycles. The van der Waals surface area contributed by atoms with Gasteiger partial charge in [0.15, 0.2) is 5.76 Å². The number of aryl methyl sites for hydroxylation is 1. The molecule has 1 aromatic heterocycles. The molecule has 0 radical (unpaired) electrons. The Morgan fingerprint density at radius 1 is 1.17 bits per heavy atom. The lowest BCUT2D eigenvalue weighted by molar-refractivity contribution is 0.0914. The van der Waals surface area contributed by atoms with Crippen LogP contribution in [-0.2, 0) is 0 Å². The minimum absolute atomic E-state index is 0.122. The molecule has 1 N–H and O–H groups in total. The number of benzene rings is 2. The summed E-state index contributed by atoms with van der Waals surface area (Å²) >= 11 is 0. The summed E-state index contributed by atoms with van der Waals surface area (Å²) in [5.74, 6) is 0.901. The van der Waals surface area contributed by atoms with Crippen LogP contribution < -0.4 is 10.1 Å². The molecular weight excluding hydrogens is 290 g/mol. The van der Waals surface area contributed by atoms with Crippen LogP contribution in [0.2, 0.25) is 0 Å². The van der Waals surface area contributed by atoms with Gasteiger partial charge in [-0.1, -0.05) is 30.3 Å². The van der Waals surface area contributed by atoms with Crippen LogP contribution in [0, 0.1) is 6.92 Å². The first-order valence-electron chi connectivity index (χ1n) is 7.52. The number of methoxy groups -OCH3 is 1. The summed E-state index contributed by atoms with van der Waals surface area (Å²) in [5.41, 5.74) is 2.78. The Labute approximate surface area is 135 Å². The van der Waals surface area contributed by atoms with Gasteiger partial charge in [-0.15, -0.1) is 0 Å². The van der Waals surface area contributed by atoms with Crippen molar-refractivity contribution in [2.75, 3.05) is 7.11 Å². The number of para-hydroxylation sites is 1. The molecule has 1 atom stereocenters. The SMILES string of the molecule is COc1ccc([C@H](C)NC(=O)c2cc3cccc(C)c3o2)cc1. The highest BCUT2D eigenvalue weighted by molar-refractivity contribution is 5.96. The number of carbonyl (C=O) groups excluding carboxylic acids is 1. The van der Waals surface area contributed by atoms with Crippen molar-refractivity contribution in [3.8, 4) is 5.75 Å². The first-order valence-corrected chi connectivity index (χ1v) is 7.52. The number of hydrogen-bond acceptors (Lipinski definition) is 3. The van der Waals surface area contributed by atoms with E-state index in [-0.39, 0.29) is 11.9 Å². The van der Waals surface area contributed by atoms with Crippen LogP contribution >= 0.6 is 0 Å². The number of fused-ring (bicyclic) bond motifs is 1. The lowest BCUT2D eigenvalue weighted by Gasteiger charge is -2.13. The predicted molar refractivity (Wildman–Crippen MR) is 89.8 cm³/mol. The second kappa shape index (κ2) is 6.16. The molecule has 0 bridgehead atoms. The van der Waals surface area contributed by atoms with Gasteiger partial charge in [-0.2, -0.15) is 0 Å². The van der Waals surface area contributed by atoms with E-state index in [0.29, 0.717) is 5.76 Å². The van der Waals surface area contributed by atoms with E-state index in [0.717, 1.165) is 27.8 Å². The van der Waals surface area contributed by atoms with Gasteiger partial charge in [0.05, 0.1) is 13.2 Å². The molecule has 118 valence electrons. The molecule has 0 aliphatic carbocycles. The molecule has 0 unspecified atom stereocenters. The summed E-state index contributed by atoms with van der Waals surface area (Å²) in [4.78, 5) is 12.4. The Morgan fingerprint density at radius 2 is 1.91 bits per heavy atom.